The monoisotopic (exact) mass is 477 g/mol. The zero-order valence-corrected chi connectivity index (χ0v) is 19.4. The molecule has 0 amide bonds. The highest BCUT2D eigenvalue weighted by Gasteiger charge is 2.16. The van der Waals surface area contributed by atoms with E-state index in [0.717, 1.165) is 52.8 Å². The maximum atomic E-state index is 11.5. The molecule has 0 unspecified atom stereocenters. The third-order valence-electron chi connectivity index (χ3n) is 5.96. The molecule has 5 rings (SSSR count). The summed E-state index contributed by atoms with van der Waals surface area (Å²) in [6.45, 7) is 2.56. The zero-order valence-electron chi connectivity index (χ0n) is 18.7. The number of para-hydroxylation sites is 1. The number of rotatable bonds is 8. The minimum Gasteiger partial charge on any atom is -0.390 e. The number of aromatic nitrogens is 5. The van der Waals surface area contributed by atoms with Crippen LogP contribution in [0.15, 0.2) is 64.0 Å². The summed E-state index contributed by atoms with van der Waals surface area (Å²) >= 11 is 6.30. The van der Waals surface area contributed by atoms with Crippen LogP contribution in [0, 0.1) is 0 Å². The molecule has 0 bridgehead atoms. The first-order chi connectivity index (χ1) is 16.6. The van der Waals surface area contributed by atoms with Crippen LogP contribution in [0.25, 0.3) is 28.0 Å². The van der Waals surface area contributed by atoms with Crippen molar-refractivity contribution in [2.45, 2.75) is 39.3 Å². The normalized spacial score (nSPS) is 11.5. The molecule has 3 aromatic heterocycles. The predicted octanol–water partition coefficient (Wildman–Crippen LogP) is 4.71. The lowest BCUT2D eigenvalue weighted by Gasteiger charge is -2.13. The molecule has 0 saturated carbocycles. The van der Waals surface area contributed by atoms with Gasteiger partial charge in [0.15, 0.2) is 11.0 Å². The number of fused-ring (bicyclic) bond motifs is 1. The number of aromatic amines is 1. The number of aryl methyl sites for hydroxylation is 1. The minimum absolute atomic E-state index is 0.155. The van der Waals surface area contributed by atoms with Crippen molar-refractivity contribution in [2.24, 2.45) is 0 Å². The van der Waals surface area contributed by atoms with Crippen molar-refractivity contribution in [2.75, 3.05) is 0 Å². The van der Waals surface area contributed by atoms with Crippen LogP contribution < -0.4 is 5.76 Å². The van der Waals surface area contributed by atoms with Crippen molar-refractivity contribution in [1.82, 2.24) is 24.3 Å². The number of hydrogen-bond acceptors (Lipinski definition) is 5. The van der Waals surface area contributed by atoms with Crippen LogP contribution in [-0.4, -0.2) is 29.4 Å². The molecule has 3 heterocycles. The summed E-state index contributed by atoms with van der Waals surface area (Å²) in [4.78, 5) is 18.6. The smallest absolute Gasteiger partial charge is 0.390 e. The van der Waals surface area contributed by atoms with Gasteiger partial charge in [0.1, 0.15) is 5.82 Å². The van der Waals surface area contributed by atoms with Crippen LogP contribution in [0.5, 0.6) is 0 Å². The van der Waals surface area contributed by atoms with Crippen molar-refractivity contribution in [3.8, 4) is 17.1 Å². The number of benzene rings is 2. The third-order valence-corrected chi connectivity index (χ3v) is 6.26. The van der Waals surface area contributed by atoms with Crippen molar-refractivity contribution < 1.29 is 9.63 Å². The van der Waals surface area contributed by atoms with Crippen LogP contribution in [0.2, 0.25) is 5.15 Å². The summed E-state index contributed by atoms with van der Waals surface area (Å²) in [6.07, 6.45) is 4.87. The van der Waals surface area contributed by atoms with Gasteiger partial charge in [0.05, 0.1) is 23.5 Å². The molecule has 0 fully saturated rings. The minimum atomic E-state index is -0.591. The first-order valence-corrected chi connectivity index (χ1v) is 11.6. The Bertz CT molecular complexity index is 1510. The lowest BCUT2D eigenvalue weighted by Crippen LogP contribution is -2.09. The van der Waals surface area contributed by atoms with E-state index in [2.05, 4.69) is 44.8 Å². The van der Waals surface area contributed by atoms with E-state index in [0.29, 0.717) is 23.2 Å². The molecule has 0 spiro atoms. The standard InChI is InChI=1S/C25H24ClN5O3/c1-2-3-8-22-27-23(26)21(15-32)31(22)14-16-9-10-19-17(13-16)11-12-30(19)20-7-5-4-6-18(20)24-28-25(33)34-29-24/h4-7,9-13,32H,2-3,8,14-15H2,1H3,(H,28,29,33). The molecule has 174 valence electrons. The zero-order chi connectivity index (χ0) is 23.7. The number of imidazole rings is 1. The van der Waals surface area contributed by atoms with Gasteiger partial charge in [0.25, 0.3) is 0 Å². The maximum Gasteiger partial charge on any atom is 0.439 e. The summed E-state index contributed by atoms with van der Waals surface area (Å²) in [7, 11) is 0. The first kappa shape index (κ1) is 22.2. The number of nitrogens with zero attached hydrogens (tertiary/aromatic N) is 4. The van der Waals surface area contributed by atoms with E-state index in [1.54, 1.807) is 0 Å². The average molecular weight is 478 g/mol. The van der Waals surface area contributed by atoms with Crippen molar-refractivity contribution >= 4 is 22.5 Å². The van der Waals surface area contributed by atoms with Crippen molar-refractivity contribution in [1.29, 1.82) is 0 Å². The van der Waals surface area contributed by atoms with Gasteiger partial charge in [-0.05, 0) is 42.3 Å². The van der Waals surface area contributed by atoms with Crippen LogP contribution in [0.1, 0.15) is 36.8 Å². The molecule has 0 aliphatic rings. The van der Waals surface area contributed by atoms with E-state index in [1.165, 1.54) is 0 Å². The number of nitrogens with one attached hydrogen (secondary N) is 1. The Balaban J connectivity index is 1.52. The molecule has 8 nitrogen and oxygen atoms in total. The van der Waals surface area contributed by atoms with Crippen LogP contribution >= 0.6 is 11.6 Å². The van der Waals surface area contributed by atoms with E-state index in [9.17, 15) is 9.90 Å². The molecular formula is C25H24ClN5O3. The van der Waals surface area contributed by atoms with Crippen LogP contribution in [-0.2, 0) is 19.6 Å². The number of aliphatic hydroxyl groups excluding tert-OH is 1. The highest BCUT2D eigenvalue weighted by Crippen LogP contribution is 2.29. The highest BCUT2D eigenvalue weighted by molar-refractivity contribution is 6.30. The second-order valence-electron chi connectivity index (χ2n) is 8.15. The number of halogens is 1. The highest BCUT2D eigenvalue weighted by atomic mass is 35.5. The van der Waals surface area contributed by atoms with E-state index in [-0.39, 0.29) is 6.61 Å². The van der Waals surface area contributed by atoms with Gasteiger partial charge in [-0.2, -0.15) is 0 Å². The van der Waals surface area contributed by atoms with Crippen LogP contribution in [0.3, 0.4) is 0 Å². The summed E-state index contributed by atoms with van der Waals surface area (Å²) < 4.78 is 8.78. The van der Waals surface area contributed by atoms with Gasteiger partial charge in [-0.15, -0.1) is 0 Å². The van der Waals surface area contributed by atoms with Gasteiger partial charge in [-0.25, -0.2) is 9.78 Å². The fourth-order valence-corrected chi connectivity index (χ4v) is 4.54. The van der Waals surface area contributed by atoms with Crippen molar-refractivity contribution in [3.63, 3.8) is 0 Å². The van der Waals surface area contributed by atoms with Gasteiger partial charge >= 0.3 is 5.76 Å². The second kappa shape index (κ2) is 9.32. The van der Waals surface area contributed by atoms with E-state index >= 15 is 0 Å². The topological polar surface area (TPSA) is 102 Å². The summed E-state index contributed by atoms with van der Waals surface area (Å²) in [5.74, 6) is 0.684. The lowest BCUT2D eigenvalue weighted by molar-refractivity contribution is 0.271. The number of hydrogen-bond donors (Lipinski definition) is 2. The maximum absolute atomic E-state index is 11.5. The van der Waals surface area contributed by atoms with Gasteiger partial charge in [-0.3, -0.25) is 9.51 Å². The van der Waals surface area contributed by atoms with E-state index in [1.807, 2.05) is 41.1 Å². The van der Waals surface area contributed by atoms with E-state index < -0.39 is 5.76 Å². The molecule has 0 aliphatic heterocycles. The molecule has 0 radical (unpaired) electrons. The summed E-state index contributed by atoms with van der Waals surface area (Å²) in [5, 5.41) is 15.1. The molecule has 9 heteroatoms. The Morgan fingerprint density at radius 1 is 1.18 bits per heavy atom. The third kappa shape index (κ3) is 4.06. The molecule has 0 atom stereocenters. The van der Waals surface area contributed by atoms with Gasteiger partial charge in [0.2, 0.25) is 0 Å². The molecular weight excluding hydrogens is 454 g/mol. The SMILES string of the molecule is CCCCc1nc(Cl)c(CO)n1Cc1ccc2c(ccn2-c2ccccc2-c2noc(=O)[nH]2)c1. The number of aliphatic hydroxyl groups is 1. The van der Waals surface area contributed by atoms with Crippen LogP contribution in [0.4, 0.5) is 0 Å². The Morgan fingerprint density at radius 3 is 2.79 bits per heavy atom. The molecule has 2 N–H and O–H groups in total. The Morgan fingerprint density at radius 2 is 2.03 bits per heavy atom. The Kier molecular flexibility index (Phi) is 6.08. The largest absolute Gasteiger partial charge is 0.439 e. The molecule has 0 aliphatic carbocycles. The summed E-state index contributed by atoms with van der Waals surface area (Å²) in [6, 6.07) is 16.0. The van der Waals surface area contributed by atoms with Gasteiger partial charge < -0.3 is 14.2 Å². The Hall–Kier alpha value is -3.62. The predicted molar refractivity (Wildman–Crippen MR) is 130 cm³/mol. The van der Waals surface area contributed by atoms with E-state index in [4.69, 9.17) is 16.1 Å². The lowest BCUT2D eigenvalue weighted by atomic mass is 10.1. The molecule has 0 saturated heterocycles. The Labute approximate surface area is 200 Å². The number of unbranched alkanes of at least 4 members (excludes halogenated alkanes) is 1. The first-order valence-electron chi connectivity index (χ1n) is 11.2. The molecule has 34 heavy (non-hydrogen) atoms. The molecule has 2 aromatic carbocycles. The van der Waals surface area contributed by atoms with Crippen molar-refractivity contribution in [3.05, 3.63) is 87.5 Å². The quantitative estimate of drug-likeness (QED) is 0.337. The van der Waals surface area contributed by atoms with Gasteiger partial charge in [-0.1, -0.05) is 48.3 Å². The second-order valence-corrected chi connectivity index (χ2v) is 8.51. The fourth-order valence-electron chi connectivity index (χ4n) is 4.28. The average Bonchev–Trinajstić information content (AvgIpc) is 3.54. The molecule has 5 aromatic rings. The van der Waals surface area contributed by atoms with Gasteiger partial charge in [0, 0.05) is 30.1 Å². The number of H-pyrrole nitrogens is 1. The fraction of sp³-hybridized carbons (Fsp3) is 0.240. The summed E-state index contributed by atoms with van der Waals surface area (Å²) in [5.41, 5.74) is 4.37.